The molecule has 2 atom stereocenters. The zero-order chi connectivity index (χ0) is 8.85. The summed E-state index contributed by atoms with van der Waals surface area (Å²) in [5.41, 5.74) is 10.2. The van der Waals surface area contributed by atoms with Crippen molar-refractivity contribution < 1.29 is 9.90 Å². The van der Waals surface area contributed by atoms with Gasteiger partial charge in [0.15, 0.2) is 0 Å². The Kier molecular flexibility index (Phi) is 8.26. The second-order valence-electron chi connectivity index (χ2n) is 2.38. The predicted molar refractivity (Wildman–Crippen MR) is 49.9 cm³/mol. The Hall–Kier alpha value is -0.580. The van der Waals surface area contributed by atoms with Gasteiger partial charge in [0.05, 0.1) is 0 Å². The molecular weight excluding hydrogens is 180 g/mol. The second-order valence-corrected chi connectivity index (χ2v) is 2.38. The van der Waals surface area contributed by atoms with E-state index in [1.165, 1.54) is 0 Å². The molecule has 0 aliphatic rings. The van der Waals surface area contributed by atoms with Crippen LogP contribution in [-0.4, -0.2) is 23.2 Å². The maximum atomic E-state index is 10.4. The summed E-state index contributed by atoms with van der Waals surface area (Å²) in [7, 11) is 0. The first-order valence-electron chi connectivity index (χ1n) is 3.43. The Balaban J connectivity index is 0. The molecule has 12 heavy (non-hydrogen) atoms. The van der Waals surface area contributed by atoms with Crippen molar-refractivity contribution >= 4 is 18.3 Å². The highest BCUT2D eigenvalue weighted by atomic mass is 35.5. The highest BCUT2D eigenvalue weighted by molar-refractivity contribution is 5.85. The lowest BCUT2D eigenvalue weighted by Gasteiger charge is -2.13. The average molecular weight is 195 g/mol. The van der Waals surface area contributed by atoms with Gasteiger partial charge in [-0.25, -0.2) is 0 Å². The van der Waals surface area contributed by atoms with Crippen molar-refractivity contribution in [3.63, 3.8) is 0 Å². The van der Waals surface area contributed by atoms with Crippen LogP contribution in [0.25, 0.3) is 0 Å². The van der Waals surface area contributed by atoms with Crippen molar-refractivity contribution in [3.05, 3.63) is 12.7 Å². The molecule has 0 rings (SSSR count). The number of rotatable bonds is 5. The topological polar surface area (TPSA) is 89.3 Å². The minimum absolute atomic E-state index is 0. The molecular formula is C7H15ClN2O2. The smallest absolute Gasteiger partial charge is 0.247 e. The van der Waals surface area contributed by atoms with E-state index in [1.807, 2.05) is 0 Å². The summed E-state index contributed by atoms with van der Waals surface area (Å²) < 4.78 is 0. The molecule has 0 saturated carbocycles. The minimum Gasteiger partial charge on any atom is -0.382 e. The Morgan fingerprint density at radius 1 is 1.67 bits per heavy atom. The normalized spacial score (nSPS) is 14.2. The quantitative estimate of drug-likeness (QED) is 0.518. The van der Waals surface area contributed by atoms with Gasteiger partial charge in [0, 0.05) is 6.04 Å². The number of amides is 1. The lowest BCUT2D eigenvalue weighted by molar-refractivity contribution is -0.127. The van der Waals surface area contributed by atoms with Gasteiger partial charge >= 0.3 is 0 Å². The molecule has 5 heteroatoms. The first-order chi connectivity index (χ1) is 5.09. The fraction of sp³-hybridized carbons (Fsp3) is 0.571. The van der Waals surface area contributed by atoms with Gasteiger partial charge in [-0.3, -0.25) is 4.79 Å². The van der Waals surface area contributed by atoms with Crippen molar-refractivity contribution in [1.29, 1.82) is 0 Å². The third-order valence-electron chi connectivity index (χ3n) is 1.40. The highest BCUT2D eigenvalue weighted by Crippen LogP contribution is 1.99. The molecule has 0 radical (unpaired) electrons. The van der Waals surface area contributed by atoms with Gasteiger partial charge in [0.1, 0.15) is 6.10 Å². The molecule has 2 unspecified atom stereocenters. The van der Waals surface area contributed by atoms with Crippen molar-refractivity contribution in [2.75, 3.05) is 0 Å². The molecule has 0 aliphatic heterocycles. The standard InChI is InChI=1S/C7H14N2O2.ClH/c1-2-3-4-5(8)6(10)7(9)11;/h2,5-6,10H,1,3-4,8H2,(H2,9,11);1H. The monoisotopic (exact) mass is 194 g/mol. The maximum Gasteiger partial charge on any atom is 0.247 e. The number of halogens is 1. The number of allylic oxidation sites excluding steroid dienone is 1. The van der Waals surface area contributed by atoms with Crippen molar-refractivity contribution in [2.24, 2.45) is 11.5 Å². The van der Waals surface area contributed by atoms with Crippen LogP contribution >= 0.6 is 12.4 Å². The number of hydrogen-bond donors (Lipinski definition) is 3. The predicted octanol–water partition coefficient (Wildman–Crippen LogP) is -0.452. The number of carbonyl (C=O) groups excluding carboxylic acids is 1. The molecule has 0 aromatic heterocycles. The number of nitrogens with two attached hydrogens (primary N) is 2. The Morgan fingerprint density at radius 2 is 2.17 bits per heavy atom. The zero-order valence-electron chi connectivity index (χ0n) is 6.77. The van der Waals surface area contributed by atoms with Crippen LogP contribution in [0.4, 0.5) is 0 Å². The lowest BCUT2D eigenvalue weighted by atomic mass is 10.1. The molecule has 0 spiro atoms. The minimum atomic E-state index is -1.24. The Bertz CT molecular complexity index is 152. The van der Waals surface area contributed by atoms with Gasteiger partial charge in [0.2, 0.25) is 5.91 Å². The summed E-state index contributed by atoms with van der Waals surface area (Å²) in [6, 6.07) is -0.578. The zero-order valence-corrected chi connectivity index (χ0v) is 7.59. The van der Waals surface area contributed by atoms with E-state index in [4.69, 9.17) is 16.6 Å². The fourth-order valence-corrected chi connectivity index (χ4v) is 0.679. The number of hydrogen-bond acceptors (Lipinski definition) is 3. The average Bonchev–Trinajstić information content (AvgIpc) is 1.98. The molecule has 0 bridgehead atoms. The second kappa shape index (κ2) is 7.09. The summed E-state index contributed by atoms with van der Waals surface area (Å²) in [6.07, 6.45) is 1.63. The Labute approximate surface area is 78.0 Å². The van der Waals surface area contributed by atoms with Crippen molar-refractivity contribution in [1.82, 2.24) is 0 Å². The van der Waals surface area contributed by atoms with Crippen LogP contribution in [0, 0.1) is 0 Å². The maximum absolute atomic E-state index is 10.4. The van der Waals surface area contributed by atoms with E-state index in [-0.39, 0.29) is 12.4 Å². The lowest BCUT2D eigenvalue weighted by Crippen LogP contribution is -2.43. The van der Waals surface area contributed by atoms with E-state index in [9.17, 15) is 4.79 Å². The molecule has 4 nitrogen and oxygen atoms in total. The highest BCUT2D eigenvalue weighted by Gasteiger charge is 2.18. The van der Waals surface area contributed by atoms with Gasteiger partial charge in [-0.1, -0.05) is 6.08 Å². The number of primary amides is 1. The summed E-state index contributed by atoms with van der Waals surface area (Å²) in [5, 5.41) is 8.99. The first kappa shape index (κ1) is 14.0. The number of aliphatic hydroxyl groups is 1. The summed E-state index contributed by atoms with van der Waals surface area (Å²) in [6.45, 7) is 3.48. The molecule has 72 valence electrons. The van der Waals surface area contributed by atoms with Gasteiger partial charge in [-0.15, -0.1) is 19.0 Å². The number of aliphatic hydroxyl groups excluding tert-OH is 1. The molecule has 0 aromatic carbocycles. The Morgan fingerprint density at radius 3 is 2.50 bits per heavy atom. The van der Waals surface area contributed by atoms with E-state index in [1.54, 1.807) is 6.08 Å². The van der Waals surface area contributed by atoms with E-state index in [0.29, 0.717) is 12.8 Å². The molecule has 0 saturated heterocycles. The number of carbonyl (C=O) groups is 1. The van der Waals surface area contributed by atoms with Crippen LogP contribution in [0.5, 0.6) is 0 Å². The fourth-order valence-electron chi connectivity index (χ4n) is 0.679. The molecule has 0 aliphatic carbocycles. The van der Waals surface area contributed by atoms with E-state index in [0.717, 1.165) is 0 Å². The van der Waals surface area contributed by atoms with Crippen molar-refractivity contribution in [3.8, 4) is 0 Å². The molecule has 5 N–H and O–H groups in total. The molecule has 1 amide bonds. The van der Waals surface area contributed by atoms with Gasteiger partial charge < -0.3 is 16.6 Å². The first-order valence-corrected chi connectivity index (χ1v) is 3.43. The molecule has 0 fully saturated rings. The summed E-state index contributed by atoms with van der Waals surface area (Å²) >= 11 is 0. The van der Waals surface area contributed by atoms with E-state index < -0.39 is 18.1 Å². The summed E-state index contributed by atoms with van der Waals surface area (Å²) in [4.78, 5) is 10.4. The van der Waals surface area contributed by atoms with Gasteiger partial charge in [-0.05, 0) is 12.8 Å². The van der Waals surface area contributed by atoms with Crippen LogP contribution in [-0.2, 0) is 4.79 Å². The third-order valence-corrected chi connectivity index (χ3v) is 1.40. The van der Waals surface area contributed by atoms with Crippen LogP contribution in [0.1, 0.15) is 12.8 Å². The van der Waals surface area contributed by atoms with Crippen molar-refractivity contribution in [2.45, 2.75) is 25.0 Å². The molecule has 0 aromatic rings. The third kappa shape index (κ3) is 5.12. The van der Waals surface area contributed by atoms with Crippen LogP contribution in [0.2, 0.25) is 0 Å². The molecule has 0 heterocycles. The van der Waals surface area contributed by atoms with E-state index >= 15 is 0 Å². The largest absolute Gasteiger partial charge is 0.382 e. The summed E-state index contributed by atoms with van der Waals surface area (Å²) in [5.74, 6) is -0.776. The van der Waals surface area contributed by atoms with Crippen LogP contribution in [0.3, 0.4) is 0 Å². The van der Waals surface area contributed by atoms with Crippen LogP contribution in [0.15, 0.2) is 12.7 Å². The van der Waals surface area contributed by atoms with Crippen LogP contribution < -0.4 is 11.5 Å². The van der Waals surface area contributed by atoms with E-state index in [2.05, 4.69) is 6.58 Å². The van der Waals surface area contributed by atoms with Gasteiger partial charge in [0.25, 0.3) is 0 Å². The SMILES string of the molecule is C=CCCC(N)C(O)C(N)=O.Cl. The van der Waals surface area contributed by atoms with Gasteiger partial charge in [-0.2, -0.15) is 0 Å².